The Bertz CT molecular complexity index is 627. The molecule has 0 aliphatic heterocycles. The monoisotopic (exact) mass is 316 g/mol. The SMILES string of the molecule is OCCc1ccc(Cl)c(-c2cccc(OC(F)(F)F)c2)c1. The summed E-state index contributed by atoms with van der Waals surface area (Å²) in [7, 11) is 0. The third-order valence-electron chi connectivity index (χ3n) is 2.81. The van der Waals surface area contributed by atoms with Gasteiger partial charge < -0.3 is 9.84 Å². The lowest BCUT2D eigenvalue weighted by Gasteiger charge is -2.11. The number of hydrogen-bond donors (Lipinski definition) is 1. The average Bonchev–Trinajstić information content (AvgIpc) is 2.39. The maximum Gasteiger partial charge on any atom is 0.573 e. The van der Waals surface area contributed by atoms with E-state index >= 15 is 0 Å². The Kier molecular flexibility index (Phi) is 4.75. The van der Waals surface area contributed by atoms with Crippen LogP contribution in [0.15, 0.2) is 42.5 Å². The van der Waals surface area contributed by atoms with Gasteiger partial charge in [-0.25, -0.2) is 0 Å². The van der Waals surface area contributed by atoms with Gasteiger partial charge in [0.05, 0.1) is 0 Å². The molecule has 0 saturated heterocycles. The van der Waals surface area contributed by atoms with E-state index in [-0.39, 0.29) is 12.4 Å². The Morgan fingerprint density at radius 1 is 1.10 bits per heavy atom. The van der Waals surface area contributed by atoms with E-state index in [1.165, 1.54) is 18.2 Å². The Labute approximate surface area is 124 Å². The lowest BCUT2D eigenvalue weighted by atomic mass is 10.0. The van der Waals surface area contributed by atoms with E-state index in [0.29, 0.717) is 22.6 Å². The molecule has 2 aromatic rings. The van der Waals surface area contributed by atoms with Crippen LogP contribution < -0.4 is 4.74 Å². The number of rotatable bonds is 4. The maximum absolute atomic E-state index is 12.2. The standard InChI is InChI=1S/C15H12ClF3O2/c16-14-5-4-10(6-7-20)8-13(14)11-2-1-3-12(9-11)21-15(17,18)19/h1-5,8-9,20H,6-7H2. The molecule has 21 heavy (non-hydrogen) atoms. The van der Waals surface area contributed by atoms with Gasteiger partial charge in [0.15, 0.2) is 0 Å². The molecule has 0 heterocycles. The first-order valence-corrected chi connectivity index (χ1v) is 6.52. The summed E-state index contributed by atoms with van der Waals surface area (Å²) in [6.07, 6.45) is -4.29. The van der Waals surface area contributed by atoms with Crippen molar-refractivity contribution in [3.8, 4) is 16.9 Å². The molecule has 112 valence electrons. The minimum atomic E-state index is -4.73. The minimum Gasteiger partial charge on any atom is -0.406 e. The van der Waals surface area contributed by atoms with E-state index < -0.39 is 6.36 Å². The number of alkyl halides is 3. The Hall–Kier alpha value is -1.72. The minimum absolute atomic E-state index is 0.0156. The summed E-state index contributed by atoms with van der Waals surface area (Å²) in [5, 5.41) is 9.36. The van der Waals surface area contributed by atoms with Crippen LogP contribution in [-0.2, 0) is 6.42 Å². The smallest absolute Gasteiger partial charge is 0.406 e. The van der Waals surface area contributed by atoms with Crippen molar-refractivity contribution in [2.75, 3.05) is 6.61 Å². The lowest BCUT2D eigenvalue weighted by molar-refractivity contribution is -0.274. The highest BCUT2D eigenvalue weighted by molar-refractivity contribution is 6.33. The van der Waals surface area contributed by atoms with Crippen LogP contribution in [0.3, 0.4) is 0 Å². The molecule has 0 amide bonds. The number of halogens is 4. The molecule has 0 unspecified atom stereocenters. The van der Waals surface area contributed by atoms with Crippen LogP contribution in [0.5, 0.6) is 5.75 Å². The summed E-state index contributed by atoms with van der Waals surface area (Å²) in [5.41, 5.74) is 1.95. The number of benzene rings is 2. The molecule has 2 rings (SSSR count). The molecule has 0 aliphatic carbocycles. The quantitative estimate of drug-likeness (QED) is 0.903. The van der Waals surface area contributed by atoms with Gasteiger partial charge in [0, 0.05) is 17.2 Å². The summed E-state index contributed by atoms with van der Waals surface area (Å²) in [6, 6.07) is 10.8. The summed E-state index contributed by atoms with van der Waals surface area (Å²) in [4.78, 5) is 0. The van der Waals surface area contributed by atoms with E-state index in [4.69, 9.17) is 16.7 Å². The molecular weight excluding hydrogens is 305 g/mol. The number of ether oxygens (including phenoxy) is 1. The first-order chi connectivity index (χ1) is 9.89. The van der Waals surface area contributed by atoms with Gasteiger partial charge in [-0.3, -0.25) is 0 Å². The summed E-state index contributed by atoms with van der Waals surface area (Å²) < 4.78 is 40.6. The molecule has 0 spiro atoms. The molecular formula is C15H12ClF3O2. The van der Waals surface area contributed by atoms with Crippen molar-refractivity contribution < 1.29 is 23.0 Å². The van der Waals surface area contributed by atoms with Crippen molar-refractivity contribution in [2.45, 2.75) is 12.8 Å². The normalized spacial score (nSPS) is 11.5. The fourth-order valence-corrected chi connectivity index (χ4v) is 2.17. The van der Waals surface area contributed by atoms with Gasteiger partial charge in [0.25, 0.3) is 0 Å². The van der Waals surface area contributed by atoms with Crippen LogP contribution in [0.2, 0.25) is 5.02 Å². The van der Waals surface area contributed by atoms with E-state index in [1.807, 2.05) is 0 Å². The van der Waals surface area contributed by atoms with Gasteiger partial charge in [0.1, 0.15) is 5.75 Å². The van der Waals surface area contributed by atoms with E-state index in [0.717, 1.165) is 5.56 Å². The highest BCUT2D eigenvalue weighted by Crippen LogP contribution is 2.32. The molecule has 0 atom stereocenters. The van der Waals surface area contributed by atoms with E-state index in [2.05, 4.69) is 4.74 Å². The molecule has 1 N–H and O–H groups in total. The zero-order valence-electron chi connectivity index (χ0n) is 10.8. The topological polar surface area (TPSA) is 29.5 Å². The molecule has 2 nitrogen and oxygen atoms in total. The Morgan fingerprint density at radius 3 is 2.52 bits per heavy atom. The van der Waals surface area contributed by atoms with Gasteiger partial charge in [-0.1, -0.05) is 29.8 Å². The zero-order valence-corrected chi connectivity index (χ0v) is 11.6. The fraction of sp³-hybridized carbons (Fsp3) is 0.200. The second kappa shape index (κ2) is 6.37. The molecule has 6 heteroatoms. The Balaban J connectivity index is 2.37. The van der Waals surface area contributed by atoms with Crippen LogP contribution in [-0.4, -0.2) is 18.1 Å². The van der Waals surface area contributed by atoms with Crippen molar-refractivity contribution in [3.63, 3.8) is 0 Å². The Morgan fingerprint density at radius 2 is 1.86 bits per heavy atom. The predicted octanol–water partition coefficient (Wildman–Crippen LogP) is 4.44. The van der Waals surface area contributed by atoms with Crippen molar-refractivity contribution in [1.82, 2.24) is 0 Å². The van der Waals surface area contributed by atoms with Crippen LogP contribution in [0.25, 0.3) is 11.1 Å². The van der Waals surface area contributed by atoms with Gasteiger partial charge in [-0.15, -0.1) is 13.2 Å². The summed E-state index contributed by atoms with van der Waals surface area (Å²) >= 11 is 6.09. The second-order valence-corrected chi connectivity index (χ2v) is 4.77. The second-order valence-electron chi connectivity index (χ2n) is 4.36. The summed E-state index contributed by atoms with van der Waals surface area (Å²) in [5.74, 6) is -0.302. The fourth-order valence-electron chi connectivity index (χ4n) is 1.94. The van der Waals surface area contributed by atoms with Crippen molar-refractivity contribution >= 4 is 11.6 Å². The average molecular weight is 317 g/mol. The van der Waals surface area contributed by atoms with Gasteiger partial charge >= 0.3 is 6.36 Å². The van der Waals surface area contributed by atoms with Crippen molar-refractivity contribution in [2.24, 2.45) is 0 Å². The van der Waals surface area contributed by atoms with Gasteiger partial charge in [-0.2, -0.15) is 0 Å². The first kappa shape index (κ1) is 15.7. The highest BCUT2D eigenvalue weighted by atomic mass is 35.5. The number of aliphatic hydroxyl groups is 1. The molecule has 0 bridgehead atoms. The lowest BCUT2D eigenvalue weighted by Crippen LogP contribution is -2.17. The molecule has 0 fully saturated rings. The van der Waals surface area contributed by atoms with E-state index in [1.54, 1.807) is 24.3 Å². The van der Waals surface area contributed by atoms with Gasteiger partial charge in [-0.05, 0) is 41.8 Å². The first-order valence-electron chi connectivity index (χ1n) is 6.14. The molecule has 0 saturated carbocycles. The molecule has 0 aliphatic rings. The predicted molar refractivity (Wildman–Crippen MR) is 74.4 cm³/mol. The van der Waals surface area contributed by atoms with Crippen LogP contribution in [0, 0.1) is 0 Å². The van der Waals surface area contributed by atoms with E-state index in [9.17, 15) is 13.2 Å². The number of aliphatic hydroxyl groups excluding tert-OH is 1. The zero-order chi connectivity index (χ0) is 15.5. The summed E-state index contributed by atoms with van der Waals surface area (Å²) in [6.45, 7) is -0.0156. The third kappa shape index (κ3) is 4.37. The van der Waals surface area contributed by atoms with Crippen molar-refractivity contribution in [1.29, 1.82) is 0 Å². The van der Waals surface area contributed by atoms with Crippen LogP contribution in [0.4, 0.5) is 13.2 Å². The maximum atomic E-state index is 12.2. The molecule has 0 radical (unpaired) electrons. The number of hydrogen-bond acceptors (Lipinski definition) is 2. The largest absolute Gasteiger partial charge is 0.573 e. The van der Waals surface area contributed by atoms with Gasteiger partial charge in [0.2, 0.25) is 0 Å². The third-order valence-corrected chi connectivity index (χ3v) is 3.14. The molecule has 2 aromatic carbocycles. The molecule has 0 aromatic heterocycles. The van der Waals surface area contributed by atoms with Crippen LogP contribution >= 0.6 is 11.6 Å². The highest BCUT2D eigenvalue weighted by Gasteiger charge is 2.31. The van der Waals surface area contributed by atoms with Crippen LogP contribution in [0.1, 0.15) is 5.56 Å². The van der Waals surface area contributed by atoms with Crippen molar-refractivity contribution in [3.05, 3.63) is 53.1 Å².